The van der Waals surface area contributed by atoms with Crippen LogP contribution in [0.25, 0.3) is 0 Å². The van der Waals surface area contributed by atoms with Crippen LogP contribution >= 0.6 is 11.8 Å². The van der Waals surface area contributed by atoms with Crippen molar-refractivity contribution in [2.24, 2.45) is 0 Å². The summed E-state index contributed by atoms with van der Waals surface area (Å²) in [6, 6.07) is 6.73. The van der Waals surface area contributed by atoms with E-state index in [0.717, 1.165) is 9.79 Å². The van der Waals surface area contributed by atoms with Gasteiger partial charge < -0.3 is 10.4 Å². The van der Waals surface area contributed by atoms with Crippen molar-refractivity contribution in [3.05, 3.63) is 53.3 Å². The van der Waals surface area contributed by atoms with Gasteiger partial charge in [-0.05, 0) is 36.8 Å². The molecule has 0 atom stereocenters. The maximum atomic E-state index is 11.8. The smallest absolute Gasteiger partial charge is 0.335 e. The highest BCUT2D eigenvalue weighted by Crippen LogP contribution is 2.31. The summed E-state index contributed by atoms with van der Waals surface area (Å²) in [7, 11) is 1.57. The standard InChI is InChI=1S/C15H14N2O3S/c1-9-7-10(3-4-11(9)15(19)20)21-13-8-17-6-5-12(13)14(18)16-2/h3-8H,1-2H3,(H,16,18)(H,19,20). The second kappa shape index (κ2) is 6.41. The maximum absolute atomic E-state index is 11.8. The van der Waals surface area contributed by atoms with Gasteiger partial charge in [0.05, 0.1) is 11.1 Å². The third kappa shape index (κ3) is 3.41. The van der Waals surface area contributed by atoms with Crippen molar-refractivity contribution < 1.29 is 14.7 Å². The van der Waals surface area contributed by atoms with Crippen molar-refractivity contribution in [3.8, 4) is 0 Å². The highest BCUT2D eigenvalue weighted by atomic mass is 32.2. The minimum absolute atomic E-state index is 0.182. The summed E-state index contributed by atoms with van der Waals surface area (Å²) in [5, 5.41) is 11.6. The number of hydrogen-bond donors (Lipinski definition) is 2. The lowest BCUT2D eigenvalue weighted by molar-refractivity contribution is 0.0695. The predicted molar refractivity (Wildman–Crippen MR) is 79.9 cm³/mol. The van der Waals surface area contributed by atoms with Crippen LogP contribution in [-0.2, 0) is 0 Å². The van der Waals surface area contributed by atoms with Gasteiger partial charge in [-0.2, -0.15) is 0 Å². The van der Waals surface area contributed by atoms with Crippen LogP contribution in [0.5, 0.6) is 0 Å². The molecule has 108 valence electrons. The number of carboxylic acid groups (broad SMARTS) is 1. The lowest BCUT2D eigenvalue weighted by atomic mass is 10.1. The second-order valence-corrected chi connectivity index (χ2v) is 5.45. The van der Waals surface area contributed by atoms with Gasteiger partial charge in [0, 0.05) is 29.2 Å². The van der Waals surface area contributed by atoms with Crippen LogP contribution in [0.2, 0.25) is 0 Å². The summed E-state index contributed by atoms with van der Waals surface area (Å²) >= 11 is 1.38. The van der Waals surface area contributed by atoms with Crippen LogP contribution < -0.4 is 5.32 Å². The van der Waals surface area contributed by atoms with Gasteiger partial charge in [-0.1, -0.05) is 11.8 Å². The van der Waals surface area contributed by atoms with E-state index in [-0.39, 0.29) is 11.5 Å². The first-order valence-corrected chi connectivity index (χ1v) is 7.02. The second-order valence-electron chi connectivity index (χ2n) is 4.33. The van der Waals surface area contributed by atoms with E-state index in [0.29, 0.717) is 11.1 Å². The summed E-state index contributed by atoms with van der Waals surface area (Å²) < 4.78 is 0. The monoisotopic (exact) mass is 302 g/mol. The number of carboxylic acids is 1. The number of nitrogens with zero attached hydrogens (tertiary/aromatic N) is 1. The van der Waals surface area contributed by atoms with Crippen molar-refractivity contribution in [1.29, 1.82) is 0 Å². The van der Waals surface area contributed by atoms with E-state index < -0.39 is 5.97 Å². The Hall–Kier alpha value is -2.34. The third-order valence-electron chi connectivity index (χ3n) is 2.91. The van der Waals surface area contributed by atoms with E-state index in [9.17, 15) is 9.59 Å². The molecule has 0 unspecified atom stereocenters. The van der Waals surface area contributed by atoms with Crippen molar-refractivity contribution in [1.82, 2.24) is 10.3 Å². The molecule has 1 aromatic heterocycles. The molecule has 1 heterocycles. The quantitative estimate of drug-likeness (QED) is 0.907. The Morgan fingerprint density at radius 2 is 2.00 bits per heavy atom. The van der Waals surface area contributed by atoms with Gasteiger partial charge in [0.25, 0.3) is 5.91 Å². The van der Waals surface area contributed by atoms with Gasteiger partial charge in [-0.15, -0.1) is 0 Å². The molecule has 2 N–H and O–H groups in total. The Balaban J connectivity index is 2.33. The van der Waals surface area contributed by atoms with Gasteiger partial charge in [-0.3, -0.25) is 9.78 Å². The number of aromatic nitrogens is 1. The number of hydrogen-bond acceptors (Lipinski definition) is 4. The zero-order valence-corrected chi connectivity index (χ0v) is 12.4. The zero-order chi connectivity index (χ0) is 15.4. The summed E-state index contributed by atoms with van der Waals surface area (Å²) in [5.41, 5.74) is 1.49. The lowest BCUT2D eigenvalue weighted by Crippen LogP contribution is -2.18. The molecule has 0 saturated heterocycles. The SMILES string of the molecule is CNC(=O)c1ccncc1Sc1ccc(C(=O)O)c(C)c1. The minimum Gasteiger partial charge on any atom is -0.478 e. The first-order valence-electron chi connectivity index (χ1n) is 6.21. The third-order valence-corrected chi connectivity index (χ3v) is 3.95. The van der Waals surface area contributed by atoms with Crippen LogP contribution in [0.4, 0.5) is 0 Å². The molecule has 0 spiro atoms. The molecular weight excluding hydrogens is 288 g/mol. The fraction of sp³-hybridized carbons (Fsp3) is 0.133. The molecule has 0 saturated carbocycles. The normalized spacial score (nSPS) is 10.2. The summed E-state index contributed by atoms with van der Waals surface area (Å²) in [6.45, 7) is 1.75. The summed E-state index contributed by atoms with van der Waals surface area (Å²) in [4.78, 5) is 28.4. The van der Waals surface area contributed by atoms with E-state index >= 15 is 0 Å². The van der Waals surface area contributed by atoms with Crippen LogP contribution in [0.1, 0.15) is 26.3 Å². The molecule has 5 nitrogen and oxygen atoms in total. The van der Waals surface area contributed by atoms with Crippen molar-refractivity contribution in [2.45, 2.75) is 16.7 Å². The highest BCUT2D eigenvalue weighted by Gasteiger charge is 2.12. The average molecular weight is 302 g/mol. The number of rotatable bonds is 4. The molecule has 6 heteroatoms. The topological polar surface area (TPSA) is 79.3 Å². The number of carbonyl (C=O) groups is 2. The number of amides is 1. The van der Waals surface area contributed by atoms with Crippen molar-refractivity contribution in [3.63, 3.8) is 0 Å². The highest BCUT2D eigenvalue weighted by molar-refractivity contribution is 7.99. The number of aromatic carboxylic acids is 1. The van der Waals surface area contributed by atoms with Gasteiger partial charge in [-0.25, -0.2) is 4.79 Å². The number of benzene rings is 1. The van der Waals surface area contributed by atoms with E-state index in [1.165, 1.54) is 11.8 Å². The maximum Gasteiger partial charge on any atom is 0.335 e. The van der Waals surface area contributed by atoms with Gasteiger partial charge >= 0.3 is 5.97 Å². The first-order chi connectivity index (χ1) is 10.0. The molecule has 0 aliphatic rings. The molecule has 2 rings (SSSR count). The van der Waals surface area contributed by atoms with Crippen molar-refractivity contribution >= 4 is 23.6 Å². The molecule has 0 aliphatic heterocycles. The van der Waals surface area contributed by atoms with Gasteiger partial charge in [0.2, 0.25) is 0 Å². The van der Waals surface area contributed by atoms with Crippen molar-refractivity contribution in [2.75, 3.05) is 7.05 Å². The molecule has 0 fully saturated rings. The van der Waals surface area contributed by atoms with Gasteiger partial charge in [0.1, 0.15) is 0 Å². The number of nitrogens with one attached hydrogen (secondary N) is 1. The van der Waals surface area contributed by atoms with Crippen LogP contribution in [0.15, 0.2) is 46.5 Å². The Bertz CT molecular complexity index is 701. The fourth-order valence-corrected chi connectivity index (χ4v) is 2.86. The predicted octanol–water partition coefficient (Wildman–Crippen LogP) is 2.60. The van der Waals surface area contributed by atoms with E-state index in [2.05, 4.69) is 10.3 Å². The molecule has 0 bridgehead atoms. The molecule has 2 aromatic rings. The lowest BCUT2D eigenvalue weighted by Gasteiger charge is -2.08. The number of carbonyl (C=O) groups excluding carboxylic acids is 1. The average Bonchev–Trinajstić information content (AvgIpc) is 2.46. The molecule has 21 heavy (non-hydrogen) atoms. The number of aryl methyl sites for hydroxylation is 1. The molecule has 0 aliphatic carbocycles. The molecular formula is C15H14N2O3S. The van der Waals surface area contributed by atoms with Crippen LogP contribution in [-0.4, -0.2) is 29.0 Å². The molecule has 0 radical (unpaired) electrons. The fourth-order valence-electron chi connectivity index (χ4n) is 1.85. The molecule has 1 aromatic carbocycles. The number of pyridine rings is 1. The van der Waals surface area contributed by atoms with Crippen LogP contribution in [0.3, 0.4) is 0 Å². The minimum atomic E-state index is -0.948. The first kappa shape index (κ1) is 15.1. The van der Waals surface area contributed by atoms with Crippen LogP contribution in [0, 0.1) is 6.92 Å². The Labute approximate surface area is 126 Å². The van der Waals surface area contributed by atoms with E-state index in [4.69, 9.17) is 5.11 Å². The Morgan fingerprint density at radius 3 is 2.62 bits per heavy atom. The zero-order valence-electron chi connectivity index (χ0n) is 11.6. The Kier molecular flexibility index (Phi) is 4.59. The largest absolute Gasteiger partial charge is 0.478 e. The summed E-state index contributed by atoms with van der Waals surface area (Å²) in [6.07, 6.45) is 3.18. The summed E-state index contributed by atoms with van der Waals surface area (Å²) in [5.74, 6) is -1.13. The van der Waals surface area contributed by atoms with E-state index in [1.807, 2.05) is 0 Å². The molecule has 1 amide bonds. The van der Waals surface area contributed by atoms with E-state index in [1.54, 1.807) is 50.6 Å². The Morgan fingerprint density at radius 1 is 1.24 bits per heavy atom. The van der Waals surface area contributed by atoms with Gasteiger partial charge in [0.15, 0.2) is 0 Å².